The molecule has 0 aliphatic carbocycles. The van der Waals surface area contributed by atoms with E-state index in [1.807, 2.05) is 30.3 Å². The van der Waals surface area contributed by atoms with Crippen molar-refractivity contribution in [1.29, 1.82) is 0 Å². The van der Waals surface area contributed by atoms with Gasteiger partial charge in [-0.2, -0.15) is 0 Å². The minimum atomic E-state index is -0.943. The van der Waals surface area contributed by atoms with Crippen LogP contribution < -0.4 is 10.6 Å². The number of hydrogen-bond donors (Lipinski definition) is 3. The summed E-state index contributed by atoms with van der Waals surface area (Å²) < 4.78 is 0. The number of rotatable bonds is 5. The molecule has 1 heterocycles. The largest absolute Gasteiger partial charge is 0.481 e. The normalized spacial score (nSPS) is 15.0. The third kappa shape index (κ3) is 5.28. The SMILES string of the molecule is O=C(O)CCNC(=O)N1CCC(C(=O)Nc2ccccc2)CC1. The lowest BCUT2D eigenvalue weighted by molar-refractivity contribution is -0.136. The van der Waals surface area contributed by atoms with Gasteiger partial charge in [0.15, 0.2) is 0 Å². The van der Waals surface area contributed by atoms with Crippen LogP contribution in [0.25, 0.3) is 0 Å². The third-order valence-corrected chi connectivity index (χ3v) is 3.81. The average molecular weight is 319 g/mol. The monoisotopic (exact) mass is 319 g/mol. The Morgan fingerprint density at radius 3 is 2.39 bits per heavy atom. The van der Waals surface area contributed by atoms with E-state index in [1.54, 1.807) is 4.90 Å². The zero-order valence-electron chi connectivity index (χ0n) is 12.8. The molecule has 7 nitrogen and oxygen atoms in total. The van der Waals surface area contributed by atoms with E-state index in [0.717, 1.165) is 5.69 Å². The van der Waals surface area contributed by atoms with E-state index in [-0.39, 0.29) is 30.8 Å². The number of carbonyl (C=O) groups is 3. The van der Waals surface area contributed by atoms with Crippen LogP contribution in [0.1, 0.15) is 19.3 Å². The van der Waals surface area contributed by atoms with Crippen LogP contribution in [0.15, 0.2) is 30.3 Å². The predicted octanol–water partition coefficient (Wildman–Crippen LogP) is 1.52. The quantitative estimate of drug-likeness (QED) is 0.766. The van der Waals surface area contributed by atoms with Gasteiger partial charge in [0.05, 0.1) is 6.42 Å². The molecule has 23 heavy (non-hydrogen) atoms. The van der Waals surface area contributed by atoms with Gasteiger partial charge in [-0.3, -0.25) is 9.59 Å². The van der Waals surface area contributed by atoms with Gasteiger partial charge in [0.25, 0.3) is 0 Å². The lowest BCUT2D eigenvalue weighted by atomic mass is 9.96. The van der Waals surface area contributed by atoms with E-state index in [4.69, 9.17) is 5.11 Å². The number of carboxylic acids is 1. The molecule has 0 aromatic heterocycles. The van der Waals surface area contributed by atoms with Crippen LogP contribution in [0.5, 0.6) is 0 Å². The summed E-state index contributed by atoms with van der Waals surface area (Å²) >= 11 is 0. The molecule has 1 aromatic rings. The fourth-order valence-corrected chi connectivity index (χ4v) is 2.50. The summed E-state index contributed by atoms with van der Waals surface area (Å²) in [6, 6.07) is 9.01. The maximum Gasteiger partial charge on any atom is 0.317 e. The van der Waals surface area contributed by atoms with Crippen molar-refractivity contribution in [2.45, 2.75) is 19.3 Å². The zero-order chi connectivity index (χ0) is 16.7. The van der Waals surface area contributed by atoms with Crippen LogP contribution in [-0.2, 0) is 9.59 Å². The van der Waals surface area contributed by atoms with E-state index in [1.165, 1.54) is 0 Å². The van der Waals surface area contributed by atoms with Crippen LogP contribution in [0.2, 0.25) is 0 Å². The van der Waals surface area contributed by atoms with Gasteiger partial charge in [0.2, 0.25) is 5.91 Å². The highest BCUT2D eigenvalue weighted by molar-refractivity contribution is 5.92. The van der Waals surface area contributed by atoms with Crippen LogP contribution in [0, 0.1) is 5.92 Å². The molecular weight excluding hydrogens is 298 g/mol. The van der Waals surface area contributed by atoms with Gasteiger partial charge in [-0.05, 0) is 25.0 Å². The first-order valence-corrected chi connectivity index (χ1v) is 7.67. The Morgan fingerprint density at radius 1 is 1.13 bits per heavy atom. The van der Waals surface area contributed by atoms with Gasteiger partial charge in [0, 0.05) is 31.2 Å². The Morgan fingerprint density at radius 2 is 1.78 bits per heavy atom. The number of piperidine rings is 1. The van der Waals surface area contributed by atoms with Crippen LogP contribution in [0.4, 0.5) is 10.5 Å². The molecule has 0 unspecified atom stereocenters. The van der Waals surface area contributed by atoms with Gasteiger partial charge in [-0.1, -0.05) is 18.2 Å². The van der Waals surface area contributed by atoms with Crippen LogP contribution in [0.3, 0.4) is 0 Å². The number of carboxylic acid groups (broad SMARTS) is 1. The molecular formula is C16H21N3O4. The zero-order valence-corrected chi connectivity index (χ0v) is 12.8. The van der Waals surface area contributed by atoms with Crippen LogP contribution >= 0.6 is 0 Å². The summed E-state index contributed by atoms with van der Waals surface area (Å²) in [7, 11) is 0. The predicted molar refractivity (Wildman–Crippen MR) is 85.0 cm³/mol. The van der Waals surface area contributed by atoms with Crippen molar-refractivity contribution in [2.75, 3.05) is 25.0 Å². The Kier molecular flexibility index (Phi) is 5.96. The van der Waals surface area contributed by atoms with Crippen molar-refractivity contribution in [3.05, 3.63) is 30.3 Å². The highest BCUT2D eigenvalue weighted by Crippen LogP contribution is 2.19. The van der Waals surface area contributed by atoms with E-state index in [0.29, 0.717) is 25.9 Å². The number of amides is 3. The number of benzene rings is 1. The number of nitrogens with one attached hydrogen (secondary N) is 2. The summed E-state index contributed by atoms with van der Waals surface area (Å²) in [5.74, 6) is -1.08. The molecule has 0 atom stereocenters. The minimum Gasteiger partial charge on any atom is -0.481 e. The molecule has 1 fully saturated rings. The maximum absolute atomic E-state index is 12.2. The molecule has 0 bridgehead atoms. The number of hydrogen-bond acceptors (Lipinski definition) is 3. The van der Waals surface area contributed by atoms with E-state index in [2.05, 4.69) is 10.6 Å². The highest BCUT2D eigenvalue weighted by Gasteiger charge is 2.27. The number of anilines is 1. The number of likely N-dealkylation sites (tertiary alicyclic amines) is 1. The van der Waals surface area contributed by atoms with Gasteiger partial charge in [0.1, 0.15) is 0 Å². The second kappa shape index (κ2) is 8.17. The summed E-state index contributed by atoms with van der Waals surface area (Å²) in [6.45, 7) is 1.10. The molecule has 1 aromatic carbocycles. The molecule has 1 aliphatic rings. The molecule has 0 radical (unpaired) electrons. The Hall–Kier alpha value is -2.57. The fourth-order valence-electron chi connectivity index (χ4n) is 2.50. The molecule has 1 aliphatic heterocycles. The molecule has 1 saturated heterocycles. The first-order valence-electron chi connectivity index (χ1n) is 7.67. The second-order valence-corrected chi connectivity index (χ2v) is 5.49. The van der Waals surface area contributed by atoms with Crippen molar-refractivity contribution in [1.82, 2.24) is 10.2 Å². The molecule has 7 heteroatoms. The Bertz CT molecular complexity index is 554. The number of para-hydroxylation sites is 1. The van der Waals surface area contributed by atoms with Gasteiger partial charge in [-0.25, -0.2) is 4.79 Å². The molecule has 3 amide bonds. The molecule has 124 valence electrons. The van der Waals surface area contributed by atoms with Gasteiger partial charge < -0.3 is 20.6 Å². The lowest BCUT2D eigenvalue weighted by Gasteiger charge is -2.31. The van der Waals surface area contributed by atoms with E-state index < -0.39 is 5.97 Å². The first-order chi connectivity index (χ1) is 11.1. The van der Waals surface area contributed by atoms with Crippen molar-refractivity contribution in [3.8, 4) is 0 Å². The minimum absolute atomic E-state index is 0.0258. The fraction of sp³-hybridized carbons (Fsp3) is 0.438. The van der Waals surface area contributed by atoms with Crippen molar-refractivity contribution in [2.24, 2.45) is 5.92 Å². The van der Waals surface area contributed by atoms with Gasteiger partial charge >= 0.3 is 12.0 Å². The van der Waals surface area contributed by atoms with Crippen molar-refractivity contribution in [3.63, 3.8) is 0 Å². The van der Waals surface area contributed by atoms with E-state index in [9.17, 15) is 14.4 Å². The topological polar surface area (TPSA) is 98.7 Å². The standard InChI is InChI=1S/C16H21N3O4/c20-14(21)6-9-17-16(23)19-10-7-12(8-11-19)15(22)18-13-4-2-1-3-5-13/h1-5,12H,6-11H2,(H,17,23)(H,18,22)(H,20,21). The van der Waals surface area contributed by atoms with Crippen molar-refractivity contribution >= 4 is 23.6 Å². The number of aliphatic carboxylic acids is 1. The van der Waals surface area contributed by atoms with Crippen LogP contribution in [-0.4, -0.2) is 47.5 Å². The summed E-state index contributed by atoms with van der Waals surface area (Å²) in [5.41, 5.74) is 0.770. The number of urea groups is 1. The number of carbonyl (C=O) groups excluding carboxylic acids is 2. The first kappa shape index (κ1) is 16.8. The Balaban J connectivity index is 1.73. The summed E-state index contributed by atoms with van der Waals surface area (Å²) in [4.78, 5) is 36.1. The molecule has 2 rings (SSSR count). The average Bonchev–Trinajstić information content (AvgIpc) is 2.55. The summed E-state index contributed by atoms with van der Waals surface area (Å²) in [5, 5.41) is 14.0. The lowest BCUT2D eigenvalue weighted by Crippen LogP contribution is -2.46. The Labute approximate surface area is 134 Å². The maximum atomic E-state index is 12.2. The van der Waals surface area contributed by atoms with Gasteiger partial charge in [-0.15, -0.1) is 0 Å². The van der Waals surface area contributed by atoms with Crippen molar-refractivity contribution < 1.29 is 19.5 Å². The molecule has 0 saturated carbocycles. The smallest absolute Gasteiger partial charge is 0.317 e. The van der Waals surface area contributed by atoms with E-state index >= 15 is 0 Å². The number of nitrogens with zero attached hydrogens (tertiary/aromatic N) is 1. The molecule has 3 N–H and O–H groups in total. The second-order valence-electron chi connectivity index (χ2n) is 5.49. The summed E-state index contributed by atoms with van der Waals surface area (Å²) in [6.07, 6.45) is 1.11. The highest BCUT2D eigenvalue weighted by atomic mass is 16.4. The third-order valence-electron chi connectivity index (χ3n) is 3.81. The molecule has 0 spiro atoms.